The fourth-order valence-electron chi connectivity index (χ4n) is 8.69. The predicted octanol–water partition coefficient (Wildman–Crippen LogP) is 10.9. The molecule has 2 unspecified atom stereocenters. The topological polar surface area (TPSA) is 20.6 Å². The van der Waals surface area contributed by atoms with Crippen LogP contribution in [0.2, 0.25) is 0 Å². The van der Waals surface area contributed by atoms with Gasteiger partial charge in [-0.05, 0) is 116 Å². The number of pyridine rings is 3. The van der Waals surface area contributed by atoms with Crippen LogP contribution in [-0.2, 0) is 6.42 Å². The molecule has 7 aromatic rings. The fourth-order valence-corrected chi connectivity index (χ4v) is 8.69. The SMILES string of the molecule is C=C1CC2C(CCc3ccc(-c4ccc(-c5ccc(C)cc5)c5cnccc45)cc3-c3cccc[n+]31)c1cc(C)ccc1-c1cc(C)c(C)c[n+]12. The molecule has 0 bridgehead atoms. The molecule has 0 saturated carbocycles. The molecule has 2 atom stereocenters. The normalized spacial score (nSPS) is 16.4. The molecular formula is C48H43N3+2. The van der Waals surface area contributed by atoms with Gasteiger partial charge in [0, 0.05) is 53.0 Å². The molecule has 0 aliphatic carbocycles. The highest BCUT2D eigenvalue weighted by atomic mass is 15.0. The molecule has 0 saturated heterocycles. The Morgan fingerprint density at radius 3 is 2.27 bits per heavy atom. The number of hydrogen-bond acceptors (Lipinski definition) is 1. The van der Waals surface area contributed by atoms with E-state index in [0.29, 0.717) is 5.92 Å². The minimum atomic E-state index is 0.273. The van der Waals surface area contributed by atoms with Crippen molar-refractivity contribution >= 4 is 16.5 Å². The number of allylic oxidation sites excluding steroid dienone is 1. The summed E-state index contributed by atoms with van der Waals surface area (Å²) in [5.74, 6) is 0.361. The van der Waals surface area contributed by atoms with Gasteiger partial charge >= 0.3 is 0 Å². The molecular weight excluding hydrogens is 619 g/mol. The van der Waals surface area contributed by atoms with Crippen LogP contribution in [0.1, 0.15) is 58.2 Å². The summed E-state index contributed by atoms with van der Waals surface area (Å²) in [6.45, 7) is 13.6. The van der Waals surface area contributed by atoms with Crippen molar-refractivity contribution in [3.8, 4) is 44.8 Å². The molecule has 4 aromatic carbocycles. The molecule has 2 aliphatic heterocycles. The smallest absolute Gasteiger partial charge is 0.218 e. The average molecular weight is 662 g/mol. The first-order valence-corrected chi connectivity index (χ1v) is 18.2. The minimum Gasteiger partial charge on any atom is -0.264 e. The van der Waals surface area contributed by atoms with Crippen LogP contribution in [-0.4, -0.2) is 4.98 Å². The Labute approximate surface area is 301 Å². The summed E-state index contributed by atoms with van der Waals surface area (Å²) in [6, 6.07) is 39.0. The molecule has 9 rings (SSSR count). The van der Waals surface area contributed by atoms with E-state index in [4.69, 9.17) is 6.58 Å². The zero-order chi connectivity index (χ0) is 34.8. The average Bonchev–Trinajstić information content (AvgIpc) is 3.15. The van der Waals surface area contributed by atoms with E-state index in [1.807, 2.05) is 12.4 Å². The Morgan fingerprint density at radius 2 is 1.43 bits per heavy atom. The molecule has 3 nitrogen and oxygen atoms in total. The second-order valence-electron chi connectivity index (χ2n) is 14.8. The lowest BCUT2D eigenvalue weighted by molar-refractivity contribution is -0.720. The highest BCUT2D eigenvalue weighted by Gasteiger charge is 2.42. The summed E-state index contributed by atoms with van der Waals surface area (Å²) < 4.78 is 4.92. The number of aryl methyl sites for hydroxylation is 5. The van der Waals surface area contributed by atoms with Crippen LogP contribution in [0.4, 0.5) is 0 Å². The van der Waals surface area contributed by atoms with Gasteiger partial charge in [0.15, 0.2) is 24.1 Å². The van der Waals surface area contributed by atoms with E-state index in [1.165, 1.54) is 88.9 Å². The van der Waals surface area contributed by atoms with E-state index in [9.17, 15) is 0 Å². The number of hydrogen-bond donors (Lipinski definition) is 0. The maximum absolute atomic E-state index is 4.79. The van der Waals surface area contributed by atoms with Crippen LogP contribution in [0.25, 0.3) is 61.2 Å². The van der Waals surface area contributed by atoms with Gasteiger partial charge in [0.05, 0.1) is 12.0 Å². The molecule has 5 heterocycles. The zero-order valence-corrected chi connectivity index (χ0v) is 29.9. The van der Waals surface area contributed by atoms with Crippen molar-refractivity contribution in [3.05, 3.63) is 168 Å². The van der Waals surface area contributed by atoms with Gasteiger partial charge in [-0.3, -0.25) is 4.98 Å². The Balaban J connectivity index is 1.20. The summed E-state index contributed by atoms with van der Waals surface area (Å²) in [7, 11) is 0. The quantitative estimate of drug-likeness (QED) is 0.169. The molecule has 0 radical (unpaired) electrons. The van der Waals surface area contributed by atoms with Gasteiger partial charge in [0.25, 0.3) is 0 Å². The lowest BCUT2D eigenvalue weighted by Crippen LogP contribution is -2.50. The summed E-state index contributed by atoms with van der Waals surface area (Å²) in [5, 5.41) is 2.38. The second-order valence-corrected chi connectivity index (χ2v) is 14.8. The highest BCUT2D eigenvalue weighted by molar-refractivity contribution is 6.04. The van der Waals surface area contributed by atoms with Gasteiger partial charge < -0.3 is 0 Å². The molecule has 0 spiro atoms. The molecule has 51 heavy (non-hydrogen) atoms. The first-order valence-electron chi connectivity index (χ1n) is 18.2. The van der Waals surface area contributed by atoms with Gasteiger partial charge in [-0.2, -0.15) is 9.13 Å². The Morgan fingerprint density at radius 1 is 0.667 bits per heavy atom. The van der Waals surface area contributed by atoms with E-state index in [0.717, 1.165) is 25.0 Å². The standard InChI is InChI=1S/C48H43N3/c1-30-9-12-35(13-10-30)38-19-20-39(40-21-22-49-28-45(38)40)37-15-14-36-16-18-42-44-24-31(2)11-17-41(44)47-25-32(3)33(4)29-51(47)48(42)26-34(5)50-23-7-6-8-46(50)43(36)27-37/h6-15,17,19-25,27-29,42,48H,5,16,18,26H2,1-4H3/q+2. The van der Waals surface area contributed by atoms with E-state index >= 15 is 0 Å². The van der Waals surface area contributed by atoms with Gasteiger partial charge in [-0.15, -0.1) is 0 Å². The van der Waals surface area contributed by atoms with Crippen molar-refractivity contribution in [1.82, 2.24) is 4.98 Å². The summed E-state index contributed by atoms with van der Waals surface area (Å²) in [5.41, 5.74) is 19.2. The Hall–Kier alpha value is -5.67. The summed E-state index contributed by atoms with van der Waals surface area (Å²) >= 11 is 0. The lowest BCUT2D eigenvalue weighted by Gasteiger charge is -2.32. The lowest BCUT2D eigenvalue weighted by atomic mass is 9.76. The number of aromatic nitrogens is 3. The number of fused-ring (bicyclic) bond motifs is 10. The highest BCUT2D eigenvalue weighted by Crippen LogP contribution is 2.45. The second kappa shape index (κ2) is 12.3. The maximum Gasteiger partial charge on any atom is 0.218 e. The molecule has 0 N–H and O–H groups in total. The summed E-state index contributed by atoms with van der Waals surface area (Å²) in [6.07, 6.45) is 11.5. The molecule has 248 valence electrons. The van der Waals surface area contributed by atoms with Crippen molar-refractivity contribution in [1.29, 1.82) is 0 Å². The summed E-state index contributed by atoms with van der Waals surface area (Å²) in [4.78, 5) is 4.56. The minimum absolute atomic E-state index is 0.273. The monoisotopic (exact) mass is 661 g/mol. The van der Waals surface area contributed by atoms with Gasteiger partial charge in [-0.1, -0.05) is 71.8 Å². The molecule has 0 fully saturated rings. The van der Waals surface area contributed by atoms with Crippen molar-refractivity contribution in [3.63, 3.8) is 0 Å². The molecule has 0 amide bonds. The third-order valence-electron chi connectivity index (χ3n) is 11.5. The maximum atomic E-state index is 4.79. The van der Waals surface area contributed by atoms with Crippen molar-refractivity contribution in [2.75, 3.05) is 0 Å². The zero-order valence-electron chi connectivity index (χ0n) is 29.9. The first kappa shape index (κ1) is 31.3. The van der Waals surface area contributed by atoms with Crippen LogP contribution >= 0.6 is 0 Å². The van der Waals surface area contributed by atoms with Crippen LogP contribution in [0.5, 0.6) is 0 Å². The van der Waals surface area contributed by atoms with Crippen molar-refractivity contribution in [2.24, 2.45) is 0 Å². The van der Waals surface area contributed by atoms with Crippen molar-refractivity contribution < 1.29 is 9.13 Å². The fraction of sp³-hybridized carbons (Fsp3) is 0.188. The van der Waals surface area contributed by atoms with Crippen LogP contribution < -0.4 is 9.13 Å². The number of benzene rings is 4. The van der Waals surface area contributed by atoms with E-state index in [-0.39, 0.29) is 6.04 Å². The third kappa shape index (κ3) is 5.31. The molecule has 3 aromatic heterocycles. The van der Waals surface area contributed by atoms with Gasteiger partial charge in [0.2, 0.25) is 11.4 Å². The van der Waals surface area contributed by atoms with E-state index < -0.39 is 0 Å². The van der Waals surface area contributed by atoms with Crippen LogP contribution in [0.15, 0.2) is 134 Å². The van der Waals surface area contributed by atoms with Crippen LogP contribution in [0.3, 0.4) is 0 Å². The van der Waals surface area contributed by atoms with Crippen LogP contribution in [0, 0.1) is 27.7 Å². The Kier molecular flexibility index (Phi) is 7.54. The third-order valence-corrected chi connectivity index (χ3v) is 11.5. The largest absolute Gasteiger partial charge is 0.264 e. The van der Waals surface area contributed by atoms with E-state index in [2.05, 4.69) is 157 Å². The molecule has 2 aliphatic rings. The predicted molar refractivity (Wildman–Crippen MR) is 209 cm³/mol. The molecule has 3 heteroatoms. The number of nitrogens with zero attached hydrogens (tertiary/aromatic N) is 3. The first-order chi connectivity index (χ1) is 24.8. The number of rotatable bonds is 2. The van der Waals surface area contributed by atoms with Crippen molar-refractivity contribution in [2.45, 2.75) is 58.9 Å². The van der Waals surface area contributed by atoms with Gasteiger partial charge in [0.1, 0.15) is 0 Å². The van der Waals surface area contributed by atoms with Gasteiger partial charge in [-0.25, -0.2) is 0 Å². The van der Waals surface area contributed by atoms with E-state index in [1.54, 1.807) is 0 Å². The Bertz CT molecular complexity index is 2520.